The summed E-state index contributed by atoms with van der Waals surface area (Å²) in [7, 11) is -6.62. The third-order valence-electron chi connectivity index (χ3n) is 1.59. The van der Waals surface area contributed by atoms with Gasteiger partial charge in [-0.1, -0.05) is 6.92 Å². The van der Waals surface area contributed by atoms with Crippen LogP contribution in [0.1, 0.15) is 13.3 Å². The van der Waals surface area contributed by atoms with Crippen molar-refractivity contribution in [3.8, 4) is 0 Å². The van der Waals surface area contributed by atoms with Crippen molar-refractivity contribution in [1.82, 2.24) is 0 Å². The molecule has 0 saturated carbocycles. The Hall–Kier alpha value is -0.510. The van der Waals surface area contributed by atoms with E-state index in [2.05, 4.69) is 0 Å². The summed E-state index contributed by atoms with van der Waals surface area (Å²) >= 11 is 0. The summed E-state index contributed by atoms with van der Waals surface area (Å²) in [6.45, 7) is 0.466. The number of hydrogen-bond acceptors (Lipinski definition) is 2. The Morgan fingerprint density at radius 3 is 1.60 bits per heavy atom. The van der Waals surface area contributed by atoms with E-state index in [9.17, 15) is 34.8 Å². The minimum atomic E-state index is -6.62. The smallest absolute Gasteiger partial charge is 0.281 e. The predicted octanol–water partition coefficient (Wildman–Crippen LogP) is 2.15. The van der Waals surface area contributed by atoms with E-state index in [-0.39, 0.29) is 0 Å². The molecule has 0 atom stereocenters. The highest BCUT2D eigenvalue weighted by Gasteiger charge is 2.76. The fourth-order valence-corrected chi connectivity index (χ4v) is 1.07. The van der Waals surface area contributed by atoms with E-state index < -0.39 is 33.6 Å². The van der Waals surface area contributed by atoms with Crippen molar-refractivity contribution in [3.63, 3.8) is 0 Å². The van der Waals surface area contributed by atoms with E-state index in [0.29, 0.717) is 6.92 Å². The van der Waals surface area contributed by atoms with Gasteiger partial charge in [0.25, 0.3) is 0 Å². The van der Waals surface area contributed by atoms with Gasteiger partial charge < -0.3 is 0 Å². The quantitative estimate of drug-likeness (QED) is 0.622. The van der Waals surface area contributed by atoms with Gasteiger partial charge in [0.15, 0.2) is 0 Å². The van der Waals surface area contributed by atoms with Gasteiger partial charge in [-0.25, -0.2) is 0 Å². The molecular weight excluding hydrogens is 254 g/mol. The first kappa shape index (κ1) is 14.5. The largest absolute Gasteiger partial charge is 0.437 e. The van der Waals surface area contributed by atoms with Crippen LogP contribution in [0.3, 0.4) is 0 Å². The second-order valence-corrected chi connectivity index (χ2v) is 4.09. The molecule has 0 heterocycles. The molecule has 0 unspecified atom stereocenters. The Balaban J connectivity index is 5.59. The maximum atomic E-state index is 12.4. The predicted molar refractivity (Wildman–Crippen MR) is 36.7 cm³/mol. The highest BCUT2D eigenvalue weighted by atomic mass is 32.2. The number of halogens is 6. The maximum Gasteiger partial charge on any atom is 0.437 e. The summed E-state index contributed by atoms with van der Waals surface area (Å²) in [5.41, 5.74) is 0. The van der Waals surface area contributed by atoms with Crippen LogP contribution in [-0.2, 0) is 10.1 Å². The summed E-state index contributed by atoms with van der Waals surface area (Å²) in [6, 6.07) is 0. The van der Waals surface area contributed by atoms with Crippen molar-refractivity contribution in [2.24, 2.45) is 0 Å². The van der Waals surface area contributed by atoms with Gasteiger partial charge in [0.2, 0.25) is 0 Å². The zero-order valence-electron chi connectivity index (χ0n) is 7.15. The highest BCUT2D eigenvalue weighted by Crippen LogP contribution is 2.49. The Bertz CT molecular complexity index is 335. The molecule has 0 fully saturated rings. The lowest BCUT2D eigenvalue weighted by atomic mass is 10.1. The minimum Gasteiger partial charge on any atom is -0.281 e. The van der Waals surface area contributed by atoms with Crippen molar-refractivity contribution in [2.75, 3.05) is 0 Å². The third-order valence-corrected chi connectivity index (χ3v) is 2.50. The van der Waals surface area contributed by atoms with Gasteiger partial charge in [0.05, 0.1) is 0 Å². The van der Waals surface area contributed by atoms with E-state index in [4.69, 9.17) is 4.55 Å². The summed E-state index contributed by atoms with van der Waals surface area (Å²) in [4.78, 5) is 0. The Morgan fingerprint density at radius 2 is 1.40 bits per heavy atom. The van der Waals surface area contributed by atoms with Crippen LogP contribution in [0.4, 0.5) is 26.3 Å². The molecule has 0 rings (SSSR count). The molecule has 92 valence electrons. The molecule has 0 radical (unpaired) electrons. The fourth-order valence-electron chi connectivity index (χ4n) is 0.597. The first-order valence-electron chi connectivity index (χ1n) is 3.41. The van der Waals surface area contributed by atoms with Gasteiger partial charge in [-0.2, -0.15) is 34.8 Å². The number of hydrogen-bond donors (Lipinski definition) is 1. The van der Waals surface area contributed by atoms with Gasteiger partial charge in [0.1, 0.15) is 0 Å². The standard InChI is InChI=1S/C5H6F6O3S/c1-2-3(6,7)4(8,9)5(10,11)15(12,13)14/h2H2,1H3,(H,12,13,14). The normalized spacial score (nSPS) is 15.5. The first-order valence-corrected chi connectivity index (χ1v) is 4.85. The van der Waals surface area contributed by atoms with Crippen LogP contribution in [0.25, 0.3) is 0 Å². The molecule has 3 nitrogen and oxygen atoms in total. The molecule has 0 aliphatic rings. The summed E-state index contributed by atoms with van der Waals surface area (Å²) < 4.78 is 102. The molecule has 0 spiro atoms. The molecule has 0 saturated heterocycles. The summed E-state index contributed by atoms with van der Waals surface area (Å²) in [6.07, 6.45) is -1.70. The number of alkyl halides is 6. The van der Waals surface area contributed by atoms with E-state index >= 15 is 0 Å². The molecule has 0 aromatic heterocycles. The van der Waals surface area contributed by atoms with Gasteiger partial charge in [-0.3, -0.25) is 4.55 Å². The van der Waals surface area contributed by atoms with E-state index in [1.165, 1.54) is 0 Å². The van der Waals surface area contributed by atoms with Crippen molar-refractivity contribution >= 4 is 10.1 Å². The van der Waals surface area contributed by atoms with Crippen LogP contribution in [0.5, 0.6) is 0 Å². The van der Waals surface area contributed by atoms with Crippen LogP contribution in [-0.4, -0.2) is 30.1 Å². The highest BCUT2D eigenvalue weighted by molar-refractivity contribution is 7.87. The molecule has 15 heavy (non-hydrogen) atoms. The summed E-state index contributed by atoms with van der Waals surface area (Å²) in [5.74, 6) is -11.4. The van der Waals surface area contributed by atoms with Crippen LogP contribution in [0.15, 0.2) is 0 Å². The lowest BCUT2D eigenvalue weighted by Crippen LogP contribution is -2.57. The molecule has 0 aliphatic heterocycles. The molecule has 0 amide bonds. The van der Waals surface area contributed by atoms with Crippen LogP contribution in [0.2, 0.25) is 0 Å². The van der Waals surface area contributed by atoms with E-state index in [1.807, 2.05) is 0 Å². The molecule has 0 aromatic carbocycles. The lowest BCUT2D eigenvalue weighted by molar-refractivity contribution is -0.281. The molecule has 0 aliphatic carbocycles. The van der Waals surface area contributed by atoms with E-state index in [1.54, 1.807) is 0 Å². The van der Waals surface area contributed by atoms with Gasteiger partial charge in [0, 0.05) is 6.42 Å². The zero-order valence-corrected chi connectivity index (χ0v) is 7.96. The molecule has 1 N–H and O–H groups in total. The van der Waals surface area contributed by atoms with Crippen molar-refractivity contribution in [1.29, 1.82) is 0 Å². The first-order chi connectivity index (χ1) is 6.31. The average molecular weight is 260 g/mol. The monoisotopic (exact) mass is 260 g/mol. The molecule has 0 bridgehead atoms. The third kappa shape index (κ3) is 2.05. The van der Waals surface area contributed by atoms with Crippen molar-refractivity contribution in [3.05, 3.63) is 0 Å². The van der Waals surface area contributed by atoms with E-state index in [0.717, 1.165) is 0 Å². The Morgan fingerprint density at radius 1 is 1.07 bits per heavy atom. The SMILES string of the molecule is CCC(F)(F)C(F)(F)C(F)(F)S(=O)(=O)O. The van der Waals surface area contributed by atoms with Gasteiger partial charge >= 0.3 is 27.2 Å². The van der Waals surface area contributed by atoms with Crippen molar-refractivity contribution in [2.45, 2.75) is 30.4 Å². The average Bonchev–Trinajstić information content (AvgIpc) is 2.01. The minimum absolute atomic E-state index is 0.466. The Labute approximate surface area is 80.8 Å². The lowest BCUT2D eigenvalue weighted by Gasteiger charge is -2.29. The topological polar surface area (TPSA) is 54.4 Å². The molecule has 10 heteroatoms. The second kappa shape index (κ2) is 3.51. The van der Waals surface area contributed by atoms with Crippen LogP contribution in [0, 0.1) is 0 Å². The van der Waals surface area contributed by atoms with Gasteiger partial charge in [-0.15, -0.1) is 0 Å². The number of rotatable bonds is 4. The van der Waals surface area contributed by atoms with Crippen LogP contribution < -0.4 is 0 Å². The zero-order chi connectivity index (χ0) is 12.7. The van der Waals surface area contributed by atoms with Crippen LogP contribution >= 0.6 is 0 Å². The van der Waals surface area contributed by atoms with Gasteiger partial charge in [-0.05, 0) is 0 Å². The maximum absolute atomic E-state index is 12.4. The second-order valence-electron chi connectivity index (χ2n) is 2.62. The molecule has 0 aromatic rings. The fraction of sp³-hybridized carbons (Fsp3) is 1.00. The Kier molecular flexibility index (Phi) is 3.39. The summed E-state index contributed by atoms with van der Waals surface area (Å²) in [5, 5.41) is -6.24. The van der Waals surface area contributed by atoms with Crippen molar-refractivity contribution < 1.29 is 39.3 Å². The molecular formula is C5H6F6O3S.